The predicted octanol–water partition coefficient (Wildman–Crippen LogP) is 2.75. The zero-order chi connectivity index (χ0) is 13.9. The predicted molar refractivity (Wildman–Crippen MR) is 82.3 cm³/mol. The minimum absolute atomic E-state index is 0.593. The number of hydrogen-bond acceptors (Lipinski definition) is 3. The lowest BCUT2D eigenvalue weighted by molar-refractivity contribution is 0.160. The van der Waals surface area contributed by atoms with Crippen LogP contribution >= 0.6 is 0 Å². The lowest BCUT2D eigenvalue weighted by atomic mass is 9.94. The number of methoxy groups -OCH3 is 1. The summed E-state index contributed by atoms with van der Waals surface area (Å²) in [5, 5.41) is 3.46. The molecule has 1 aliphatic heterocycles. The van der Waals surface area contributed by atoms with Crippen LogP contribution in [0.15, 0.2) is 18.2 Å². The molecule has 0 radical (unpaired) electrons. The van der Waals surface area contributed by atoms with Crippen LogP contribution in [0.25, 0.3) is 0 Å². The Kier molecular flexibility index (Phi) is 4.27. The SMILES string of the molecule is COc1ccc([C@@H](CC2CC2)N2CCNCC2)c(C)c1. The standard InChI is InChI=1S/C17H26N2O/c1-13-11-15(20-2)5-6-16(13)17(12-14-3-4-14)19-9-7-18-8-10-19/h5-6,11,14,17-18H,3-4,7-10,12H2,1-2H3/t17-/m1/s1. The van der Waals surface area contributed by atoms with Gasteiger partial charge in [0.1, 0.15) is 5.75 Å². The van der Waals surface area contributed by atoms with Crippen LogP contribution in [0.2, 0.25) is 0 Å². The molecular weight excluding hydrogens is 248 g/mol. The van der Waals surface area contributed by atoms with Gasteiger partial charge in [0.2, 0.25) is 0 Å². The molecule has 1 aromatic carbocycles. The number of nitrogens with zero attached hydrogens (tertiary/aromatic N) is 1. The summed E-state index contributed by atoms with van der Waals surface area (Å²) in [6.07, 6.45) is 4.18. The smallest absolute Gasteiger partial charge is 0.119 e. The van der Waals surface area contributed by atoms with E-state index in [1.807, 2.05) is 0 Å². The van der Waals surface area contributed by atoms with Gasteiger partial charge >= 0.3 is 0 Å². The molecule has 1 saturated carbocycles. The molecule has 110 valence electrons. The van der Waals surface area contributed by atoms with Gasteiger partial charge in [-0.3, -0.25) is 4.90 Å². The van der Waals surface area contributed by atoms with Crippen LogP contribution in [0.5, 0.6) is 5.75 Å². The molecule has 0 spiro atoms. The number of hydrogen-bond donors (Lipinski definition) is 1. The highest BCUT2D eigenvalue weighted by molar-refractivity contribution is 5.37. The van der Waals surface area contributed by atoms with Gasteiger partial charge in [0.25, 0.3) is 0 Å². The zero-order valence-electron chi connectivity index (χ0n) is 12.7. The molecule has 3 rings (SSSR count). The van der Waals surface area contributed by atoms with Crippen molar-refractivity contribution in [2.24, 2.45) is 5.92 Å². The Labute approximate surface area is 122 Å². The molecule has 0 unspecified atom stereocenters. The van der Waals surface area contributed by atoms with Gasteiger partial charge in [0.15, 0.2) is 0 Å². The molecule has 0 bridgehead atoms. The third kappa shape index (κ3) is 3.15. The second-order valence-electron chi connectivity index (χ2n) is 6.20. The van der Waals surface area contributed by atoms with E-state index < -0.39 is 0 Å². The second-order valence-corrected chi connectivity index (χ2v) is 6.20. The minimum Gasteiger partial charge on any atom is -0.497 e. The van der Waals surface area contributed by atoms with Crippen molar-refractivity contribution >= 4 is 0 Å². The van der Waals surface area contributed by atoms with Crippen LogP contribution in [0.3, 0.4) is 0 Å². The third-order valence-corrected chi connectivity index (χ3v) is 4.68. The zero-order valence-corrected chi connectivity index (χ0v) is 12.7. The molecule has 0 amide bonds. The van der Waals surface area contributed by atoms with Crippen LogP contribution in [0.1, 0.15) is 36.4 Å². The Balaban J connectivity index is 1.83. The van der Waals surface area contributed by atoms with Crippen molar-refractivity contribution in [3.05, 3.63) is 29.3 Å². The number of ether oxygens (including phenoxy) is 1. The number of piperazine rings is 1. The highest BCUT2D eigenvalue weighted by Gasteiger charge is 2.31. The lowest BCUT2D eigenvalue weighted by Crippen LogP contribution is -2.45. The summed E-state index contributed by atoms with van der Waals surface area (Å²) in [6.45, 7) is 6.80. The first-order valence-corrected chi connectivity index (χ1v) is 7.87. The third-order valence-electron chi connectivity index (χ3n) is 4.68. The summed E-state index contributed by atoms with van der Waals surface area (Å²) < 4.78 is 5.35. The van der Waals surface area contributed by atoms with E-state index in [0.29, 0.717) is 6.04 Å². The molecule has 1 N–H and O–H groups in total. The number of nitrogens with one attached hydrogen (secondary N) is 1. The molecule has 1 aliphatic carbocycles. The van der Waals surface area contributed by atoms with Crippen LogP contribution in [-0.4, -0.2) is 38.2 Å². The van der Waals surface area contributed by atoms with Crippen molar-refractivity contribution < 1.29 is 4.74 Å². The number of benzene rings is 1. The lowest BCUT2D eigenvalue weighted by Gasteiger charge is -2.36. The Morgan fingerprint density at radius 2 is 2.05 bits per heavy atom. The summed E-state index contributed by atoms with van der Waals surface area (Å²) in [4.78, 5) is 2.67. The van der Waals surface area contributed by atoms with Crippen molar-refractivity contribution in [2.45, 2.75) is 32.2 Å². The van der Waals surface area contributed by atoms with E-state index in [4.69, 9.17) is 4.74 Å². The Hall–Kier alpha value is -1.06. The maximum atomic E-state index is 5.35. The van der Waals surface area contributed by atoms with Gasteiger partial charge in [0.05, 0.1) is 7.11 Å². The fraction of sp³-hybridized carbons (Fsp3) is 0.647. The fourth-order valence-electron chi connectivity index (χ4n) is 3.28. The number of aryl methyl sites for hydroxylation is 1. The second kappa shape index (κ2) is 6.15. The van der Waals surface area contributed by atoms with E-state index in [1.54, 1.807) is 7.11 Å². The van der Waals surface area contributed by atoms with Gasteiger partial charge in [-0.05, 0) is 42.5 Å². The molecule has 1 atom stereocenters. The van der Waals surface area contributed by atoms with Gasteiger partial charge in [-0.1, -0.05) is 18.9 Å². The van der Waals surface area contributed by atoms with E-state index in [-0.39, 0.29) is 0 Å². The summed E-state index contributed by atoms with van der Waals surface area (Å²) in [5.74, 6) is 1.92. The Morgan fingerprint density at radius 3 is 2.65 bits per heavy atom. The fourth-order valence-corrected chi connectivity index (χ4v) is 3.28. The average Bonchev–Trinajstić information content (AvgIpc) is 3.30. The Morgan fingerprint density at radius 1 is 1.30 bits per heavy atom. The molecule has 3 heteroatoms. The maximum absolute atomic E-state index is 5.35. The first kappa shape index (κ1) is 13.9. The topological polar surface area (TPSA) is 24.5 Å². The molecule has 2 aliphatic rings. The molecule has 0 aromatic heterocycles. The van der Waals surface area contributed by atoms with Crippen LogP contribution < -0.4 is 10.1 Å². The molecule has 20 heavy (non-hydrogen) atoms. The summed E-state index contributed by atoms with van der Waals surface area (Å²) >= 11 is 0. The molecule has 2 fully saturated rings. The highest BCUT2D eigenvalue weighted by atomic mass is 16.5. The summed E-state index contributed by atoms with van der Waals surface area (Å²) in [5.41, 5.74) is 2.87. The van der Waals surface area contributed by atoms with Crippen LogP contribution in [-0.2, 0) is 0 Å². The van der Waals surface area contributed by atoms with E-state index in [1.165, 1.54) is 43.5 Å². The first-order chi connectivity index (χ1) is 9.78. The van der Waals surface area contributed by atoms with E-state index in [2.05, 4.69) is 35.3 Å². The number of rotatable bonds is 5. The van der Waals surface area contributed by atoms with Gasteiger partial charge in [-0.15, -0.1) is 0 Å². The van der Waals surface area contributed by atoms with Crippen molar-refractivity contribution in [3.63, 3.8) is 0 Å². The van der Waals surface area contributed by atoms with Crippen molar-refractivity contribution in [2.75, 3.05) is 33.3 Å². The molecule has 1 aromatic rings. The van der Waals surface area contributed by atoms with Gasteiger partial charge in [-0.2, -0.15) is 0 Å². The highest BCUT2D eigenvalue weighted by Crippen LogP contribution is 2.41. The quantitative estimate of drug-likeness (QED) is 0.893. The van der Waals surface area contributed by atoms with E-state index in [9.17, 15) is 0 Å². The Bertz CT molecular complexity index is 450. The van der Waals surface area contributed by atoms with E-state index in [0.717, 1.165) is 24.8 Å². The van der Waals surface area contributed by atoms with Crippen LogP contribution in [0.4, 0.5) is 0 Å². The monoisotopic (exact) mass is 274 g/mol. The summed E-state index contributed by atoms with van der Waals surface area (Å²) in [6, 6.07) is 7.17. The molecule has 1 saturated heterocycles. The van der Waals surface area contributed by atoms with Crippen molar-refractivity contribution in [3.8, 4) is 5.75 Å². The minimum atomic E-state index is 0.593. The van der Waals surface area contributed by atoms with Crippen molar-refractivity contribution in [1.82, 2.24) is 10.2 Å². The van der Waals surface area contributed by atoms with Crippen LogP contribution in [0, 0.1) is 12.8 Å². The molecule has 3 nitrogen and oxygen atoms in total. The molecular formula is C17H26N2O. The molecule has 1 heterocycles. The largest absolute Gasteiger partial charge is 0.497 e. The van der Waals surface area contributed by atoms with Gasteiger partial charge in [0, 0.05) is 32.2 Å². The van der Waals surface area contributed by atoms with E-state index >= 15 is 0 Å². The first-order valence-electron chi connectivity index (χ1n) is 7.87. The van der Waals surface area contributed by atoms with Crippen molar-refractivity contribution in [1.29, 1.82) is 0 Å². The average molecular weight is 274 g/mol. The van der Waals surface area contributed by atoms with Gasteiger partial charge < -0.3 is 10.1 Å². The normalized spacial score (nSPS) is 21.7. The van der Waals surface area contributed by atoms with Gasteiger partial charge in [-0.25, -0.2) is 0 Å². The summed E-state index contributed by atoms with van der Waals surface area (Å²) in [7, 11) is 1.74. The maximum Gasteiger partial charge on any atom is 0.119 e.